The van der Waals surface area contributed by atoms with Crippen molar-refractivity contribution >= 4 is 11.6 Å². The van der Waals surface area contributed by atoms with E-state index in [1.54, 1.807) is 21.0 Å². The molecule has 114 valence electrons. The molecule has 1 rings (SSSR count). The van der Waals surface area contributed by atoms with Gasteiger partial charge in [0.15, 0.2) is 5.82 Å². The minimum Gasteiger partial charge on any atom is -0.388 e. The van der Waals surface area contributed by atoms with Crippen LogP contribution in [0.4, 0.5) is 11.6 Å². The molecule has 3 N–H and O–H groups in total. The van der Waals surface area contributed by atoms with Gasteiger partial charge in [-0.2, -0.15) is 0 Å². The van der Waals surface area contributed by atoms with Crippen molar-refractivity contribution in [3.05, 3.63) is 11.9 Å². The summed E-state index contributed by atoms with van der Waals surface area (Å²) in [5.41, 5.74) is -1.42. The van der Waals surface area contributed by atoms with Crippen molar-refractivity contribution in [2.24, 2.45) is 0 Å². The minimum atomic E-state index is -0.891. The molecule has 20 heavy (non-hydrogen) atoms. The third kappa shape index (κ3) is 4.31. The first kappa shape index (κ1) is 16.7. The molecule has 0 spiro atoms. The Bertz CT molecular complexity index is 417. The predicted molar refractivity (Wildman–Crippen MR) is 80.9 cm³/mol. The number of anilines is 2. The SMILES string of the molecule is CCNc1cc(NC(C)(C)C(C)(C)O)nc(COC)n1. The fourth-order valence-corrected chi connectivity index (χ4v) is 1.50. The summed E-state index contributed by atoms with van der Waals surface area (Å²) >= 11 is 0. The van der Waals surface area contributed by atoms with Crippen LogP contribution >= 0.6 is 0 Å². The molecule has 0 aliphatic carbocycles. The van der Waals surface area contributed by atoms with Crippen molar-refractivity contribution in [1.29, 1.82) is 0 Å². The fraction of sp³-hybridized carbons (Fsp3) is 0.714. The second-order valence-electron chi connectivity index (χ2n) is 5.83. The average molecular weight is 282 g/mol. The number of aromatic nitrogens is 2. The largest absolute Gasteiger partial charge is 0.388 e. The highest BCUT2D eigenvalue weighted by Gasteiger charge is 2.35. The van der Waals surface area contributed by atoms with Crippen LogP contribution in [0.15, 0.2) is 6.07 Å². The molecule has 6 heteroatoms. The summed E-state index contributed by atoms with van der Waals surface area (Å²) in [6.45, 7) is 10.5. The Morgan fingerprint density at radius 3 is 2.30 bits per heavy atom. The Balaban J connectivity index is 3.04. The lowest BCUT2D eigenvalue weighted by Gasteiger charge is -2.38. The Morgan fingerprint density at radius 1 is 1.20 bits per heavy atom. The Kier molecular flexibility index (Phi) is 5.30. The Hall–Kier alpha value is -1.40. The number of hydrogen-bond acceptors (Lipinski definition) is 6. The van der Waals surface area contributed by atoms with Gasteiger partial charge in [0, 0.05) is 19.7 Å². The molecule has 1 heterocycles. The van der Waals surface area contributed by atoms with Gasteiger partial charge in [-0.25, -0.2) is 9.97 Å². The molecule has 0 aromatic carbocycles. The summed E-state index contributed by atoms with van der Waals surface area (Å²) in [5.74, 6) is 2.00. The highest BCUT2D eigenvalue weighted by atomic mass is 16.5. The number of nitrogens with one attached hydrogen (secondary N) is 2. The van der Waals surface area contributed by atoms with Crippen LogP contribution in [-0.4, -0.2) is 39.9 Å². The van der Waals surface area contributed by atoms with Gasteiger partial charge in [-0.1, -0.05) is 0 Å². The zero-order chi connectivity index (χ0) is 15.4. The van der Waals surface area contributed by atoms with Gasteiger partial charge in [0.1, 0.15) is 18.2 Å². The number of aliphatic hydroxyl groups is 1. The first-order valence-corrected chi connectivity index (χ1v) is 6.81. The first-order chi connectivity index (χ1) is 9.19. The smallest absolute Gasteiger partial charge is 0.158 e. The van der Waals surface area contributed by atoms with Crippen LogP contribution in [0.2, 0.25) is 0 Å². The van der Waals surface area contributed by atoms with E-state index in [1.165, 1.54) is 0 Å². The highest BCUT2D eigenvalue weighted by Crippen LogP contribution is 2.26. The van der Waals surface area contributed by atoms with E-state index >= 15 is 0 Å². The molecule has 0 atom stereocenters. The van der Waals surface area contributed by atoms with Crippen LogP contribution in [0.25, 0.3) is 0 Å². The maximum absolute atomic E-state index is 10.2. The van der Waals surface area contributed by atoms with Gasteiger partial charge in [-0.05, 0) is 34.6 Å². The second kappa shape index (κ2) is 6.37. The van der Waals surface area contributed by atoms with E-state index in [1.807, 2.05) is 26.8 Å². The van der Waals surface area contributed by atoms with Gasteiger partial charge in [-0.15, -0.1) is 0 Å². The first-order valence-electron chi connectivity index (χ1n) is 6.81. The zero-order valence-electron chi connectivity index (χ0n) is 13.2. The molecule has 1 aromatic rings. The van der Waals surface area contributed by atoms with E-state index in [-0.39, 0.29) is 0 Å². The van der Waals surface area contributed by atoms with E-state index in [0.717, 1.165) is 12.4 Å². The maximum atomic E-state index is 10.2. The third-order valence-corrected chi connectivity index (χ3v) is 3.37. The molecule has 0 amide bonds. The Morgan fingerprint density at radius 2 is 1.80 bits per heavy atom. The Labute approximate surface area is 121 Å². The number of methoxy groups -OCH3 is 1. The molecular formula is C14H26N4O2. The van der Waals surface area contributed by atoms with E-state index in [4.69, 9.17) is 4.74 Å². The van der Waals surface area contributed by atoms with E-state index < -0.39 is 11.1 Å². The summed E-state index contributed by atoms with van der Waals surface area (Å²) in [6.07, 6.45) is 0. The van der Waals surface area contributed by atoms with E-state index in [9.17, 15) is 5.11 Å². The molecule has 0 aliphatic rings. The molecule has 0 aliphatic heterocycles. The molecule has 0 radical (unpaired) electrons. The summed E-state index contributed by atoms with van der Waals surface area (Å²) < 4.78 is 5.08. The summed E-state index contributed by atoms with van der Waals surface area (Å²) in [6, 6.07) is 1.83. The van der Waals surface area contributed by atoms with Crippen LogP contribution in [-0.2, 0) is 11.3 Å². The third-order valence-electron chi connectivity index (χ3n) is 3.37. The molecule has 0 saturated heterocycles. The van der Waals surface area contributed by atoms with Gasteiger partial charge in [0.25, 0.3) is 0 Å². The molecule has 0 unspecified atom stereocenters. The second-order valence-corrected chi connectivity index (χ2v) is 5.83. The van der Waals surface area contributed by atoms with Gasteiger partial charge < -0.3 is 20.5 Å². The average Bonchev–Trinajstić information content (AvgIpc) is 2.27. The van der Waals surface area contributed by atoms with Crippen molar-refractivity contribution in [2.75, 3.05) is 24.3 Å². The van der Waals surface area contributed by atoms with Crippen LogP contribution in [0, 0.1) is 0 Å². The van der Waals surface area contributed by atoms with Crippen molar-refractivity contribution in [2.45, 2.75) is 52.4 Å². The van der Waals surface area contributed by atoms with Gasteiger partial charge in [0.2, 0.25) is 0 Å². The summed E-state index contributed by atoms with van der Waals surface area (Å²) in [4.78, 5) is 8.76. The number of nitrogens with zero attached hydrogens (tertiary/aromatic N) is 2. The van der Waals surface area contributed by atoms with Crippen molar-refractivity contribution in [3.63, 3.8) is 0 Å². The van der Waals surface area contributed by atoms with Crippen LogP contribution < -0.4 is 10.6 Å². The standard InChI is InChI=1S/C14H26N4O2/c1-7-15-10-8-11(17-12(16-10)9-20-6)18-13(2,3)14(4,5)19/h8,19H,7,9H2,1-6H3,(H2,15,16,17,18). The van der Waals surface area contributed by atoms with Crippen LogP contribution in [0.1, 0.15) is 40.4 Å². The number of ether oxygens (including phenoxy) is 1. The van der Waals surface area contributed by atoms with E-state index in [0.29, 0.717) is 18.2 Å². The lowest BCUT2D eigenvalue weighted by atomic mass is 9.86. The summed E-state index contributed by atoms with van der Waals surface area (Å²) in [5, 5.41) is 16.6. The molecular weight excluding hydrogens is 256 g/mol. The number of rotatable bonds is 7. The fourth-order valence-electron chi connectivity index (χ4n) is 1.50. The quantitative estimate of drug-likeness (QED) is 0.710. The zero-order valence-corrected chi connectivity index (χ0v) is 13.2. The highest BCUT2D eigenvalue weighted by molar-refractivity contribution is 5.49. The van der Waals surface area contributed by atoms with Gasteiger partial charge >= 0.3 is 0 Å². The molecule has 1 aromatic heterocycles. The maximum Gasteiger partial charge on any atom is 0.158 e. The molecule has 0 bridgehead atoms. The van der Waals surface area contributed by atoms with Crippen LogP contribution in [0.3, 0.4) is 0 Å². The molecule has 0 fully saturated rings. The lowest BCUT2D eigenvalue weighted by Crippen LogP contribution is -2.51. The van der Waals surface area contributed by atoms with E-state index in [2.05, 4.69) is 20.6 Å². The van der Waals surface area contributed by atoms with Crippen molar-refractivity contribution in [3.8, 4) is 0 Å². The van der Waals surface area contributed by atoms with Gasteiger partial charge in [0.05, 0.1) is 11.1 Å². The normalized spacial score (nSPS) is 12.3. The lowest BCUT2D eigenvalue weighted by molar-refractivity contribution is 0.0238. The van der Waals surface area contributed by atoms with Gasteiger partial charge in [-0.3, -0.25) is 0 Å². The summed E-state index contributed by atoms with van der Waals surface area (Å²) in [7, 11) is 1.61. The van der Waals surface area contributed by atoms with Crippen LogP contribution in [0.5, 0.6) is 0 Å². The van der Waals surface area contributed by atoms with Crippen molar-refractivity contribution < 1.29 is 9.84 Å². The molecule has 0 saturated carbocycles. The van der Waals surface area contributed by atoms with Crippen molar-refractivity contribution in [1.82, 2.24) is 9.97 Å². The molecule has 6 nitrogen and oxygen atoms in total. The number of hydrogen-bond donors (Lipinski definition) is 3. The topological polar surface area (TPSA) is 79.3 Å². The minimum absolute atomic E-state index is 0.344. The predicted octanol–water partition coefficient (Wildman–Crippen LogP) is 2.02. The monoisotopic (exact) mass is 282 g/mol.